The van der Waals surface area contributed by atoms with Crippen molar-refractivity contribution in [2.24, 2.45) is 5.41 Å². The highest BCUT2D eigenvalue weighted by Crippen LogP contribution is 2.21. The number of nitriles is 1. The van der Waals surface area contributed by atoms with Crippen molar-refractivity contribution in [3.8, 4) is 6.07 Å². The monoisotopic (exact) mass is 237 g/mol. The highest BCUT2D eigenvalue weighted by Gasteiger charge is 2.26. The van der Waals surface area contributed by atoms with Crippen molar-refractivity contribution in [2.75, 3.05) is 6.54 Å². The Balaban J connectivity index is 2.23. The normalized spacial score (nSPS) is 17.3. The molecule has 1 unspecified atom stereocenters. The summed E-state index contributed by atoms with van der Waals surface area (Å²) < 4.78 is 0. The van der Waals surface area contributed by atoms with Crippen LogP contribution in [0.25, 0.3) is 0 Å². The number of carbonyl (C=O) groups is 1. The van der Waals surface area contributed by atoms with Crippen molar-refractivity contribution in [3.63, 3.8) is 0 Å². The fourth-order valence-corrected chi connectivity index (χ4v) is 1.56. The third-order valence-corrected chi connectivity index (χ3v) is 3.12. The van der Waals surface area contributed by atoms with Crippen LogP contribution in [0.3, 0.4) is 0 Å². The van der Waals surface area contributed by atoms with E-state index in [2.05, 4.69) is 30.6 Å². The van der Waals surface area contributed by atoms with Gasteiger partial charge in [-0.25, -0.2) is 0 Å². The summed E-state index contributed by atoms with van der Waals surface area (Å²) in [5, 5.41) is 14.8. The number of amides is 1. The average Bonchev–Trinajstić information content (AvgIpc) is 3.07. The topological polar surface area (TPSA) is 64.9 Å². The minimum atomic E-state index is -0.156. The number of hydrogen-bond donors (Lipinski definition) is 2. The molecule has 0 aliphatic heterocycles. The van der Waals surface area contributed by atoms with Crippen LogP contribution in [0.5, 0.6) is 0 Å². The minimum absolute atomic E-state index is 0.0594. The maximum absolute atomic E-state index is 11.7. The van der Waals surface area contributed by atoms with Gasteiger partial charge < -0.3 is 10.6 Å². The summed E-state index contributed by atoms with van der Waals surface area (Å²) in [6.07, 6.45) is 3.66. The van der Waals surface area contributed by atoms with Crippen LogP contribution in [0.15, 0.2) is 0 Å². The van der Waals surface area contributed by atoms with Crippen LogP contribution >= 0.6 is 0 Å². The molecule has 0 saturated heterocycles. The standard InChI is InChI=1S/C13H23N3O/c1-10(12(17)16-11-5-6-11)15-9-13(2,3)7-4-8-14/h10-11,15H,4-7,9H2,1-3H3,(H,16,17). The molecule has 0 spiro atoms. The molecule has 0 radical (unpaired) electrons. The number of nitrogens with one attached hydrogen (secondary N) is 2. The van der Waals surface area contributed by atoms with Crippen molar-refractivity contribution in [2.45, 2.75) is 58.5 Å². The van der Waals surface area contributed by atoms with Crippen LogP contribution < -0.4 is 10.6 Å². The van der Waals surface area contributed by atoms with Crippen LogP contribution in [0.1, 0.15) is 46.5 Å². The highest BCUT2D eigenvalue weighted by molar-refractivity contribution is 5.81. The van der Waals surface area contributed by atoms with E-state index in [1.807, 2.05) is 6.92 Å². The fraction of sp³-hybridized carbons (Fsp3) is 0.846. The van der Waals surface area contributed by atoms with Crippen molar-refractivity contribution >= 4 is 5.91 Å². The van der Waals surface area contributed by atoms with E-state index in [1.165, 1.54) is 0 Å². The first-order valence-corrected chi connectivity index (χ1v) is 6.35. The lowest BCUT2D eigenvalue weighted by Gasteiger charge is -2.26. The molecule has 1 aliphatic rings. The molecule has 0 aromatic carbocycles. The summed E-state index contributed by atoms with van der Waals surface area (Å²) in [4.78, 5) is 11.7. The Morgan fingerprint density at radius 2 is 2.18 bits per heavy atom. The van der Waals surface area contributed by atoms with Gasteiger partial charge in [-0.2, -0.15) is 5.26 Å². The lowest BCUT2D eigenvalue weighted by Crippen LogP contribution is -2.45. The maximum Gasteiger partial charge on any atom is 0.237 e. The Hall–Kier alpha value is -1.08. The summed E-state index contributed by atoms with van der Waals surface area (Å²) in [6.45, 7) is 6.87. The molecular formula is C13H23N3O. The lowest BCUT2D eigenvalue weighted by molar-refractivity contribution is -0.123. The van der Waals surface area contributed by atoms with Crippen molar-refractivity contribution in [1.82, 2.24) is 10.6 Å². The van der Waals surface area contributed by atoms with Gasteiger partial charge in [0.15, 0.2) is 0 Å². The second-order valence-corrected chi connectivity index (χ2v) is 5.71. The van der Waals surface area contributed by atoms with Crippen molar-refractivity contribution in [1.29, 1.82) is 5.26 Å². The maximum atomic E-state index is 11.7. The van der Waals surface area contributed by atoms with Gasteiger partial charge in [-0.05, 0) is 31.6 Å². The lowest BCUT2D eigenvalue weighted by atomic mass is 9.88. The summed E-state index contributed by atoms with van der Waals surface area (Å²) >= 11 is 0. The first-order valence-electron chi connectivity index (χ1n) is 6.35. The van der Waals surface area contributed by atoms with E-state index in [1.54, 1.807) is 0 Å². The second-order valence-electron chi connectivity index (χ2n) is 5.71. The summed E-state index contributed by atoms with van der Waals surface area (Å²) in [7, 11) is 0. The molecule has 1 saturated carbocycles. The van der Waals surface area contributed by atoms with Gasteiger partial charge in [0.05, 0.1) is 12.1 Å². The highest BCUT2D eigenvalue weighted by atomic mass is 16.2. The zero-order valence-corrected chi connectivity index (χ0v) is 11.0. The van der Waals surface area contributed by atoms with E-state index in [4.69, 9.17) is 5.26 Å². The number of nitrogens with zero attached hydrogens (tertiary/aromatic N) is 1. The first-order chi connectivity index (χ1) is 7.94. The molecular weight excluding hydrogens is 214 g/mol. The SMILES string of the molecule is CC(NCC(C)(C)CCC#N)C(=O)NC1CC1. The van der Waals surface area contributed by atoms with E-state index in [0.29, 0.717) is 12.5 Å². The molecule has 4 nitrogen and oxygen atoms in total. The first kappa shape index (κ1) is 14.0. The van der Waals surface area contributed by atoms with Gasteiger partial charge in [-0.15, -0.1) is 0 Å². The van der Waals surface area contributed by atoms with Crippen LogP contribution in [0.4, 0.5) is 0 Å². The molecule has 2 N–H and O–H groups in total. The number of rotatable bonds is 7. The van der Waals surface area contributed by atoms with Gasteiger partial charge in [-0.1, -0.05) is 13.8 Å². The Morgan fingerprint density at radius 1 is 1.53 bits per heavy atom. The fourth-order valence-electron chi connectivity index (χ4n) is 1.56. The largest absolute Gasteiger partial charge is 0.352 e. The molecule has 4 heteroatoms. The molecule has 0 aromatic rings. The van der Waals surface area contributed by atoms with E-state index in [0.717, 1.165) is 25.8 Å². The predicted octanol–water partition coefficient (Wildman–Crippen LogP) is 1.57. The van der Waals surface area contributed by atoms with Crippen LogP contribution in [-0.4, -0.2) is 24.5 Å². The molecule has 1 aliphatic carbocycles. The van der Waals surface area contributed by atoms with Gasteiger partial charge in [-0.3, -0.25) is 4.79 Å². The average molecular weight is 237 g/mol. The Bertz CT molecular complexity index is 302. The van der Waals surface area contributed by atoms with Gasteiger partial charge in [0, 0.05) is 19.0 Å². The number of carbonyl (C=O) groups excluding carboxylic acids is 1. The Morgan fingerprint density at radius 3 is 2.71 bits per heavy atom. The molecule has 1 amide bonds. The molecule has 1 atom stereocenters. The summed E-state index contributed by atoms with van der Waals surface area (Å²) in [5.74, 6) is 0.0867. The van der Waals surface area contributed by atoms with Crippen molar-refractivity contribution in [3.05, 3.63) is 0 Å². The molecule has 0 bridgehead atoms. The van der Waals surface area contributed by atoms with Gasteiger partial charge in [0.1, 0.15) is 0 Å². The molecule has 0 heterocycles. The zero-order chi connectivity index (χ0) is 12.9. The predicted molar refractivity (Wildman–Crippen MR) is 67.3 cm³/mol. The summed E-state index contributed by atoms with van der Waals surface area (Å²) in [5.41, 5.74) is 0.0594. The number of hydrogen-bond acceptors (Lipinski definition) is 3. The van der Waals surface area contributed by atoms with Gasteiger partial charge in [0.2, 0.25) is 5.91 Å². The minimum Gasteiger partial charge on any atom is -0.352 e. The third-order valence-electron chi connectivity index (χ3n) is 3.12. The van der Waals surface area contributed by atoms with Crippen molar-refractivity contribution < 1.29 is 4.79 Å². The molecule has 1 rings (SSSR count). The molecule has 0 aromatic heterocycles. The molecule has 17 heavy (non-hydrogen) atoms. The summed E-state index contributed by atoms with van der Waals surface area (Å²) in [6, 6.07) is 2.42. The Labute approximate surface area is 104 Å². The third kappa shape index (κ3) is 5.69. The smallest absolute Gasteiger partial charge is 0.237 e. The van der Waals surface area contributed by atoms with E-state index < -0.39 is 0 Å². The van der Waals surface area contributed by atoms with Gasteiger partial charge >= 0.3 is 0 Å². The second kappa shape index (κ2) is 6.02. The Kier molecular flexibility index (Phi) is 4.95. The van der Waals surface area contributed by atoms with Crippen LogP contribution in [-0.2, 0) is 4.79 Å². The quantitative estimate of drug-likeness (QED) is 0.706. The van der Waals surface area contributed by atoms with Crippen LogP contribution in [0.2, 0.25) is 0 Å². The van der Waals surface area contributed by atoms with E-state index >= 15 is 0 Å². The van der Waals surface area contributed by atoms with Gasteiger partial charge in [0.25, 0.3) is 0 Å². The van der Waals surface area contributed by atoms with E-state index in [-0.39, 0.29) is 17.4 Å². The van der Waals surface area contributed by atoms with Crippen LogP contribution in [0, 0.1) is 16.7 Å². The molecule has 96 valence electrons. The molecule has 1 fully saturated rings. The van der Waals surface area contributed by atoms with E-state index in [9.17, 15) is 4.79 Å². The zero-order valence-electron chi connectivity index (χ0n) is 11.0.